The fourth-order valence-electron chi connectivity index (χ4n) is 3.16. The number of carbonyl (C=O) groups excluding carboxylic acids is 1. The van der Waals surface area contributed by atoms with Crippen molar-refractivity contribution in [1.29, 1.82) is 0 Å². The third-order valence-corrected chi connectivity index (χ3v) is 5.08. The number of hydrazine groups is 1. The van der Waals surface area contributed by atoms with E-state index in [1.807, 2.05) is 18.2 Å². The van der Waals surface area contributed by atoms with E-state index >= 15 is 0 Å². The number of hydrogen-bond acceptors (Lipinski definition) is 5. The molecule has 0 bridgehead atoms. The average Bonchev–Trinajstić information content (AvgIpc) is 2.71. The van der Waals surface area contributed by atoms with Gasteiger partial charge in [-0.3, -0.25) is 15.6 Å². The van der Waals surface area contributed by atoms with Gasteiger partial charge in [-0.1, -0.05) is 23.2 Å². The van der Waals surface area contributed by atoms with Crippen molar-refractivity contribution in [2.24, 2.45) is 5.84 Å². The molecule has 2 aromatic carbocycles. The fourth-order valence-corrected chi connectivity index (χ4v) is 3.72. The molecule has 3 aromatic rings. The van der Waals surface area contributed by atoms with Crippen LogP contribution in [0.15, 0.2) is 54.9 Å². The number of carbonyl (C=O) groups is 1. The van der Waals surface area contributed by atoms with Gasteiger partial charge in [0.2, 0.25) is 0 Å². The molecule has 0 aliphatic carbocycles. The Balaban J connectivity index is 1.60. The molecule has 1 aliphatic rings. The Kier molecular flexibility index (Phi) is 5.09. The predicted octanol–water partition coefficient (Wildman–Crippen LogP) is 4.67. The summed E-state index contributed by atoms with van der Waals surface area (Å²) in [5, 5.41) is 0.663. The minimum atomic E-state index is -0.0477. The summed E-state index contributed by atoms with van der Waals surface area (Å²) in [4.78, 5) is 18.6. The number of amides is 1. The van der Waals surface area contributed by atoms with Gasteiger partial charge >= 0.3 is 0 Å². The lowest BCUT2D eigenvalue weighted by Gasteiger charge is -2.28. The lowest BCUT2D eigenvalue weighted by atomic mass is 9.98. The zero-order valence-electron chi connectivity index (χ0n) is 14.7. The summed E-state index contributed by atoms with van der Waals surface area (Å²) in [7, 11) is 0. The van der Waals surface area contributed by atoms with Crippen molar-refractivity contribution in [2.45, 2.75) is 6.42 Å². The quantitative estimate of drug-likeness (QED) is 0.478. The fraction of sp³-hybridized carbons (Fsp3) is 0.100. The minimum Gasteiger partial charge on any atom is -0.454 e. The van der Waals surface area contributed by atoms with Crippen molar-refractivity contribution < 1.29 is 9.53 Å². The minimum absolute atomic E-state index is 0.0477. The number of nitrogens with two attached hydrogens (primary N) is 1. The highest BCUT2D eigenvalue weighted by Crippen LogP contribution is 2.39. The number of pyridine rings is 1. The molecule has 2 heterocycles. The summed E-state index contributed by atoms with van der Waals surface area (Å²) >= 11 is 12.5. The van der Waals surface area contributed by atoms with Gasteiger partial charge < -0.3 is 15.1 Å². The van der Waals surface area contributed by atoms with Gasteiger partial charge in [0.1, 0.15) is 5.75 Å². The third-order valence-electron chi connectivity index (χ3n) is 4.52. The van der Waals surface area contributed by atoms with Crippen LogP contribution in [0.1, 0.15) is 15.9 Å². The number of aromatic nitrogens is 1. The van der Waals surface area contributed by atoms with Crippen molar-refractivity contribution in [3.8, 4) is 11.5 Å². The van der Waals surface area contributed by atoms with Gasteiger partial charge in [0.15, 0.2) is 5.75 Å². The average molecular weight is 415 g/mol. The lowest BCUT2D eigenvalue weighted by molar-refractivity contribution is 0.0980. The van der Waals surface area contributed by atoms with E-state index in [0.717, 1.165) is 11.3 Å². The van der Waals surface area contributed by atoms with Crippen LogP contribution in [0.3, 0.4) is 0 Å². The highest BCUT2D eigenvalue weighted by Gasteiger charge is 2.26. The first kappa shape index (κ1) is 18.6. The molecule has 0 spiro atoms. The topological polar surface area (TPSA) is 80.5 Å². The van der Waals surface area contributed by atoms with Crippen LogP contribution < -0.4 is 20.9 Å². The number of halogens is 2. The molecular weight excluding hydrogens is 399 g/mol. The maximum Gasteiger partial charge on any atom is 0.258 e. The number of nitrogens with one attached hydrogen (secondary N) is 1. The summed E-state index contributed by atoms with van der Waals surface area (Å²) in [6.45, 7) is 0.581. The van der Waals surface area contributed by atoms with Crippen molar-refractivity contribution >= 4 is 40.5 Å². The molecule has 0 radical (unpaired) electrons. The molecule has 28 heavy (non-hydrogen) atoms. The lowest BCUT2D eigenvalue weighted by Crippen LogP contribution is -2.37. The Hall–Kier alpha value is -2.80. The highest BCUT2D eigenvalue weighted by molar-refractivity contribution is 6.37. The van der Waals surface area contributed by atoms with Crippen LogP contribution in [0.4, 0.5) is 11.4 Å². The van der Waals surface area contributed by atoms with Crippen LogP contribution in [0.2, 0.25) is 10.0 Å². The summed E-state index contributed by atoms with van der Waals surface area (Å²) in [6, 6.07) is 12.2. The zero-order valence-corrected chi connectivity index (χ0v) is 16.2. The molecule has 142 valence electrons. The zero-order chi connectivity index (χ0) is 19.7. The van der Waals surface area contributed by atoms with Gasteiger partial charge in [0, 0.05) is 30.2 Å². The van der Waals surface area contributed by atoms with Crippen LogP contribution in [-0.4, -0.2) is 17.4 Å². The normalized spacial score (nSPS) is 13.2. The first-order valence-electron chi connectivity index (χ1n) is 8.55. The summed E-state index contributed by atoms with van der Waals surface area (Å²) in [5.41, 5.74) is 5.47. The molecule has 4 rings (SSSR count). The smallest absolute Gasteiger partial charge is 0.258 e. The molecule has 1 aliphatic heterocycles. The van der Waals surface area contributed by atoms with Crippen LogP contribution in [-0.2, 0) is 6.42 Å². The second kappa shape index (κ2) is 7.67. The van der Waals surface area contributed by atoms with Gasteiger partial charge in [-0.05, 0) is 54.4 Å². The van der Waals surface area contributed by atoms with Crippen molar-refractivity contribution in [2.75, 3.05) is 16.9 Å². The Morgan fingerprint density at radius 3 is 2.46 bits per heavy atom. The Morgan fingerprint density at radius 2 is 1.79 bits per heavy atom. The van der Waals surface area contributed by atoms with E-state index in [1.165, 1.54) is 0 Å². The molecule has 1 amide bonds. The number of nitrogens with zero attached hydrogens (tertiary/aromatic N) is 2. The number of ether oxygens (including phenoxy) is 1. The first-order chi connectivity index (χ1) is 13.6. The van der Waals surface area contributed by atoms with Crippen LogP contribution in [0.25, 0.3) is 0 Å². The van der Waals surface area contributed by atoms with E-state index in [2.05, 4.69) is 10.4 Å². The van der Waals surface area contributed by atoms with E-state index in [1.54, 1.807) is 41.6 Å². The monoisotopic (exact) mass is 414 g/mol. The molecule has 8 heteroatoms. The van der Waals surface area contributed by atoms with E-state index in [-0.39, 0.29) is 5.91 Å². The van der Waals surface area contributed by atoms with Gasteiger partial charge in [0.25, 0.3) is 5.91 Å². The molecular formula is C20H16Cl2N4O2. The number of hydrogen-bond donors (Lipinski definition) is 2. The largest absolute Gasteiger partial charge is 0.454 e. The molecule has 1 aromatic heterocycles. The van der Waals surface area contributed by atoms with Crippen molar-refractivity contribution in [3.63, 3.8) is 0 Å². The van der Waals surface area contributed by atoms with Crippen LogP contribution in [0.5, 0.6) is 11.5 Å². The van der Waals surface area contributed by atoms with Gasteiger partial charge in [-0.25, -0.2) is 0 Å². The molecule has 0 saturated heterocycles. The number of nitrogen functional groups attached to an aromatic ring is 1. The molecule has 0 fully saturated rings. The van der Waals surface area contributed by atoms with Gasteiger partial charge in [0.05, 0.1) is 15.7 Å². The second-order valence-corrected chi connectivity index (χ2v) is 7.06. The number of rotatable bonds is 4. The highest BCUT2D eigenvalue weighted by atomic mass is 35.5. The van der Waals surface area contributed by atoms with E-state index in [9.17, 15) is 4.79 Å². The Morgan fingerprint density at radius 1 is 1.07 bits per heavy atom. The molecule has 0 unspecified atom stereocenters. The molecule has 6 nitrogen and oxygen atoms in total. The van der Waals surface area contributed by atoms with Gasteiger partial charge in [-0.15, -0.1) is 0 Å². The Bertz CT molecular complexity index is 1020. The number of benzene rings is 2. The van der Waals surface area contributed by atoms with E-state index < -0.39 is 0 Å². The summed E-state index contributed by atoms with van der Waals surface area (Å²) in [5.74, 6) is 6.23. The third kappa shape index (κ3) is 3.49. The van der Waals surface area contributed by atoms with Crippen LogP contribution >= 0.6 is 23.2 Å². The van der Waals surface area contributed by atoms with Crippen molar-refractivity contribution in [1.82, 2.24) is 4.98 Å². The van der Waals surface area contributed by atoms with Gasteiger partial charge in [-0.2, -0.15) is 0 Å². The summed E-state index contributed by atoms with van der Waals surface area (Å²) < 4.78 is 5.89. The van der Waals surface area contributed by atoms with Crippen molar-refractivity contribution in [3.05, 3.63) is 76.0 Å². The second-order valence-electron chi connectivity index (χ2n) is 6.25. The number of anilines is 2. The summed E-state index contributed by atoms with van der Waals surface area (Å²) in [6.07, 6.45) is 4.06. The Labute approximate surface area is 171 Å². The first-order valence-corrected chi connectivity index (χ1v) is 9.31. The standard InChI is InChI=1S/C20H16Cl2N4O2/c21-17-10-13(25-23)11-18(22)19(17)28-15-1-2-16-12(9-15)5-8-26(20(16)27)14-3-6-24-7-4-14/h1-4,6-7,9-11,25H,5,8,23H2. The number of fused-ring (bicyclic) bond motifs is 1. The molecule has 0 atom stereocenters. The van der Waals surface area contributed by atoms with E-state index in [4.69, 9.17) is 33.8 Å². The van der Waals surface area contributed by atoms with E-state index in [0.29, 0.717) is 45.8 Å². The maximum absolute atomic E-state index is 12.9. The molecule has 0 saturated carbocycles. The SMILES string of the molecule is NNc1cc(Cl)c(Oc2ccc3c(c2)CCN(c2ccncc2)C3=O)c(Cl)c1. The molecule has 3 N–H and O–H groups in total. The maximum atomic E-state index is 12.9. The van der Waals surface area contributed by atoms with Crippen LogP contribution in [0, 0.1) is 0 Å². The predicted molar refractivity (Wildman–Crippen MR) is 110 cm³/mol.